The van der Waals surface area contributed by atoms with Gasteiger partial charge in [-0.2, -0.15) is 13.2 Å². The van der Waals surface area contributed by atoms with E-state index in [9.17, 15) is 13.2 Å². The predicted octanol–water partition coefficient (Wildman–Crippen LogP) is 3.51. The molecule has 1 N–H and O–H groups in total. The molecule has 1 aromatic heterocycles. The second-order valence-corrected chi connectivity index (χ2v) is 9.53. The number of likely N-dealkylation sites (N-methyl/N-ethyl adjacent to an activating group) is 1. The fourth-order valence-corrected chi connectivity index (χ4v) is 5.30. The van der Waals surface area contributed by atoms with Crippen molar-refractivity contribution in [2.75, 3.05) is 33.2 Å². The quantitative estimate of drug-likeness (QED) is 0.565. The van der Waals surface area contributed by atoms with Crippen LogP contribution in [0.25, 0.3) is 11.4 Å². The van der Waals surface area contributed by atoms with Crippen molar-refractivity contribution >= 4 is 17.7 Å². The molecule has 1 unspecified atom stereocenters. The predicted molar refractivity (Wildman–Crippen MR) is 124 cm³/mol. The average Bonchev–Trinajstić information content (AvgIpc) is 3.17. The largest absolute Gasteiger partial charge is 0.490 e. The van der Waals surface area contributed by atoms with Crippen molar-refractivity contribution in [1.82, 2.24) is 30.0 Å². The van der Waals surface area contributed by atoms with E-state index >= 15 is 0 Å². The normalized spacial score (nSPS) is 18.6. The molecule has 3 heterocycles. The minimum atomic E-state index is -5.08. The number of carbonyl (C=O) groups is 1. The van der Waals surface area contributed by atoms with Crippen LogP contribution in [0, 0.1) is 0 Å². The first-order chi connectivity index (χ1) is 16.6. The van der Waals surface area contributed by atoms with Crippen molar-refractivity contribution in [3.63, 3.8) is 0 Å². The number of piperazine rings is 1. The Labute approximate surface area is 204 Å². The molecule has 0 spiro atoms. The fourth-order valence-electron chi connectivity index (χ4n) is 4.18. The molecule has 35 heavy (non-hydrogen) atoms. The first-order valence-electron chi connectivity index (χ1n) is 11.0. The fraction of sp³-hybridized carbons (Fsp3) is 0.391. The molecule has 3 aromatic rings. The Kier molecular flexibility index (Phi) is 7.43. The number of carboxylic acids is 1. The highest BCUT2D eigenvalue weighted by Gasteiger charge is 2.38. The molecule has 0 radical (unpaired) electrons. The highest BCUT2D eigenvalue weighted by molar-refractivity contribution is 7.99. The van der Waals surface area contributed by atoms with Crippen LogP contribution in [0.1, 0.15) is 17.2 Å². The zero-order valence-corrected chi connectivity index (χ0v) is 20.1. The summed E-state index contributed by atoms with van der Waals surface area (Å²) in [6.07, 6.45) is -4.04. The number of aliphatic carboxylic acids is 1. The maximum absolute atomic E-state index is 10.6. The molecule has 0 saturated carbocycles. The number of hydrogen-bond donors (Lipinski definition) is 1. The van der Waals surface area contributed by atoms with Gasteiger partial charge in [0.2, 0.25) is 0 Å². The number of alkyl halides is 3. The topological polar surface area (TPSA) is 87.4 Å². The van der Waals surface area contributed by atoms with Crippen LogP contribution in [-0.2, 0) is 18.3 Å². The molecule has 2 aliphatic rings. The Balaban J connectivity index is 0.000000364. The summed E-state index contributed by atoms with van der Waals surface area (Å²) in [7, 11) is 4.10. The summed E-state index contributed by atoms with van der Waals surface area (Å²) in [5, 5.41) is 19.2. The zero-order valence-electron chi connectivity index (χ0n) is 19.2. The molecule has 2 aliphatic heterocycles. The lowest BCUT2D eigenvalue weighted by Gasteiger charge is -2.38. The molecule has 1 fully saturated rings. The van der Waals surface area contributed by atoms with Gasteiger partial charge in [0.25, 0.3) is 0 Å². The molecule has 186 valence electrons. The Bertz CT molecular complexity index is 1190. The van der Waals surface area contributed by atoms with Crippen molar-refractivity contribution in [3.8, 4) is 11.4 Å². The summed E-state index contributed by atoms with van der Waals surface area (Å²) >= 11 is 1.89. The molecular formula is C23H25F3N6O2S. The highest BCUT2D eigenvalue weighted by atomic mass is 32.2. The van der Waals surface area contributed by atoms with Gasteiger partial charge in [-0.3, -0.25) is 4.90 Å². The molecule has 0 bridgehead atoms. The van der Waals surface area contributed by atoms with E-state index in [1.54, 1.807) is 4.68 Å². The van der Waals surface area contributed by atoms with E-state index in [0.29, 0.717) is 6.04 Å². The summed E-state index contributed by atoms with van der Waals surface area (Å²) in [4.78, 5) is 16.7. The molecule has 2 aromatic carbocycles. The first-order valence-corrected chi connectivity index (χ1v) is 11.8. The van der Waals surface area contributed by atoms with Gasteiger partial charge in [0.1, 0.15) is 0 Å². The van der Waals surface area contributed by atoms with Gasteiger partial charge in [-0.15, -0.1) is 5.10 Å². The number of aromatic nitrogens is 4. The molecule has 5 rings (SSSR count). The zero-order chi connectivity index (χ0) is 25.2. The van der Waals surface area contributed by atoms with E-state index in [4.69, 9.17) is 9.90 Å². The third-order valence-corrected chi connectivity index (χ3v) is 7.28. The number of rotatable bonds is 2. The van der Waals surface area contributed by atoms with Crippen LogP contribution in [0.5, 0.6) is 0 Å². The smallest absolute Gasteiger partial charge is 0.475 e. The van der Waals surface area contributed by atoms with E-state index in [2.05, 4.69) is 74.8 Å². The molecule has 0 amide bonds. The van der Waals surface area contributed by atoms with Gasteiger partial charge in [0, 0.05) is 54.6 Å². The van der Waals surface area contributed by atoms with Gasteiger partial charge in [-0.05, 0) is 59.3 Å². The lowest BCUT2D eigenvalue weighted by molar-refractivity contribution is -0.192. The van der Waals surface area contributed by atoms with Gasteiger partial charge in [0.05, 0.1) is 0 Å². The van der Waals surface area contributed by atoms with Crippen LogP contribution in [0.4, 0.5) is 13.2 Å². The van der Waals surface area contributed by atoms with Gasteiger partial charge in [-0.25, -0.2) is 9.48 Å². The second-order valence-electron chi connectivity index (χ2n) is 8.45. The number of halogens is 3. The maximum atomic E-state index is 10.6. The Morgan fingerprint density at radius 2 is 1.74 bits per heavy atom. The van der Waals surface area contributed by atoms with Crippen LogP contribution in [-0.4, -0.2) is 80.5 Å². The van der Waals surface area contributed by atoms with Gasteiger partial charge < -0.3 is 10.0 Å². The summed E-state index contributed by atoms with van der Waals surface area (Å²) in [6, 6.07) is 15.9. The van der Waals surface area contributed by atoms with Crippen molar-refractivity contribution in [3.05, 3.63) is 53.6 Å². The number of benzene rings is 2. The molecule has 1 atom stereocenters. The van der Waals surface area contributed by atoms with Crippen LogP contribution < -0.4 is 0 Å². The van der Waals surface area contributed by atoms with Gasteiger partial charge in [-0.1, -0.05) is 30.0 Å². The van der Waals surface area contributed by atoms with E-state index in [-0.39, 0.29) is 0 Å². The van der Waals surface area contributed by atoms with E-state index < -0.39 is 12.1 Å². The van der Waals surface area contributed by atoms with Crippen molar-refractivity contribution < 1.29 is 23.1 Å². The summed E-state index contributed by atoms with van der Waals surface area (Å²) < 4.78 is 33.5. The number of hydrogen-bond acceptors (Lipinski definition) is 7. The molecule has 8 nitrogen and oxygen atoms in total. The Hall–Kier alpha value is -2.96. The van der Waals surface area contributed by atoms with Gasteiger partial charge >= 0.3 is 12.1 Å². The van der Waals surface area contributed by atoms with E-state index in [1.165, 1.54) is 20.9 Å². The van der Waals surface area contributed by atoms with Crippen LogP contribution in [0.15, 0.2) is 52.3 Å². The Morgan fingerprint density at radius 3 is 2.37 bits per heavy atom. The Morgan fingerprint density at radius 1 is 1.06 bits per heavy atom. The van der Waals surface area contributed by atoms with E-state index in [0.717, 1.165) is 44.0 Å². The summed E-state index contributed by atoms with van der Waals surface area (Å²) in [6.45, 7) is 4.44. The standard InChI is InChI=1S/C21H24N6S.C2HF3O2/c1-25-9-11-27(12-10-25)18-14-15-5-3-4-6-19(15)28-20-8-7-16(13-17(18)20)21-22-23-24-26(21)2;3-2(4,5)1(6)7/h3-8,13,18H,9-12,14H2,1-2H3;(H,6,7). The third-order valence-electron chi connectivity index (χ3n) is 6.07. The second kappa shape index (κ2) is 10.3. The number of fused-ring (bicyclic) bond motifs is 2. The molecular weight excluding hydrogens is 481 g/mol. The third kappa shape index (κ3) is 5.82. The maximum Gasteiger partial charge on any atom is 0.490 e. The summed E-state index contributed by atoms with van der Waals surface area (Å²) in [5.41, 5.74) is 3.91. The first kappa shape index (κ1) is 25.1. The highest BCUT2D eigenvalue weighted by Crippen LogP contribution is 2.44. The van der Waals surface area contributed by atoms with E-state index in [1.807, 2.05) is 18.8 Å². The SMILES string of the molecule is CN1CCN(C2Cc3ccccc3Sc3ccc(-c4nnnn4C)cc32)CC1.O=C(O)C(F)(F)F. The monoisotopic (exact) mass is 506 g/mol. The minimum absolute atomic E-state index is 0.376. The van der Waals surface area contributed by atoms with Crippen molar-refractivity contribution in [1.29, 1.82) is 0 Å². The van der Waals surface area contributed by atoms with Crippen molar-refractivity contribution in [2.45, 2.75) is 28.4 Å². The van der Waals surface area contributed by atoms with Crippen LogP contribution in [0.2, 0.25) is 0 Å². The molecule has 12 heteroatoms. The van der Waals surface area contributed by atoms with Gasteiger partial charge in [0.15, 0.2) is 5.82 Å². The van der Waals surface area contributed by atoms with Crippen LogP contribution in [0.3, 0.4) is 0 Å². The lowest BCUT2D eigenvalue weighted by Crippen LogP contribution is -2.46. The molecule has 1 saturated heterocycles. The summed E-state index contributed by atoms with van der Waals surface area (Å²) in [5.74, 6) is -1.95. The van der Waals surface area contributed by atoms with Crippen molar-refractivity contribution in [2.24, 2.45) is 7.05 Å². The number of tetrazole rings is 1. The number of carboxylic acid groups (broad SMARTS) is 1. The number of nitrogens with zero attached hydrogens (tertiary/aromatic N) is 6. The average molecular weight is 507 g/mol. The number of aryl methyl sites for hydroxylation is 1. The lowest BCUT2D eigenvalue weighted by atomic mass is 9.95. The molecule has 0 aliphatic carbocycles. The van der Waals surface area contributed by atoms with Crippen LogP contribution >= 0.6 is 11.8 Å². The minimum Gasteiger partial charge on any atom is -0.475 e.